The summed E-state index contributed by atoms with van der Waals surface area (Å²) >= 11 is 0. The summed E-state index contributed by atoms with van der Waals surface area (Å²) in [6.07, 6.45) is 0.0114. The Morgan fingerprint density at radius 3 is 1.55 bits per heavy atom. The van der Waals surface area contributed by atoms with Gasteiger partial charge in [-0.2, -0.15) is 0 Å². The van der Waals surface area contributed by atoms with Crippen LogP contribution in [0.4, 0.5) is 0 Å². The number of carbonyl (C=O) groups is 1. The van der Waals surface area contributed by atoms with Crippen molar-refractivity contribution in [3.63, 3.8) is 0 Å². The van der Waals surface area contributed by atoms with Gasteiger partial charge >= 0.3 is 5.97 Å². The second-order valence-electron chi connectivity index (χ2n) is 2.68. The van der Waals surface area contributed by atoms with Gasteiger partial charge in [0.15, 0.2) is 0 Å². The van der Waals surface area contributed by atoms with Gasteiger partial charge in [-0.1, -0.05) is 11.8 Å². The van der Waals surface area contributed by atoms with Crippen molar-refractivity contribution in [2.24, 2.45) is 0 Å². The van der Waals surface area contributed by atoms with Gasteiger partial charge < -0.3 is 4.74 Å². The van der Waals surface area contributed by atoms with Crippen LogP contribution in [0, 0.1) is 82.9 Å². The summed E-state index contributed by atoms with van der Waals surface area (Å²) in [5.74, 6) is 34.6. The summed E-state index contributed by atoms with van der Waals surface area (Å²) in [5, 5.41) is 0. The number of hydrogen-bond acceptors (Lipinski definition) is 2. The molecule has 0 aliphatic heterocycles. The first kappa shape index (κ1) is 16.4. The van der Waals surface area contributed by atoms with Crippen LogP contribution in [0.5, 0.6) is 0 Å². The Labute approximate surface area is 119 Å². The van der Waals surface area contributed by atoms with Crippen LogP contribution in [-0.4, -0.2) is 13.1 Å². The smallest absolute Gasteiger partial charge is 0.317 e. The average molecular weight is 256 g/mol. The SMILES string of the molecule is CC#CC#CC#CC#CC#CC#CC#CCC(=O)OC. The molecule has 0 aliphatic carbocycles. The van der Waals surface area contributed by atoms with Crippen molar-refractivity contribution in [1.29, 1.82) is 0 Å². The van der Waals surface area contributed by atoms with Gasteiger partial charge in [-0.05, 0) is 78.0 Å². The number of ether oxygens (including phenoxy) is 1. The van der Waals surface area contributed by atoms with Gasteiger partial charge in [0.05, 0.1) is 7.11 Å². The number of esters is 1. The molecule has 0 spiro atoms. The van der Waals surface area contributed by atoms with Gasteiger partial charge in [-0.15, -0.1) is 0 Å². The van der Waals surface area contributed by atoms with Crippen LogP contribution in [0.3, 0.4) is 0 Å². The van der Waals surface area contributed by atoms with E-state index in [0.29, 0.717) is 0 Å². The standard InChI is InChI=1S/C18H8O2/c1-3-4-5-6-7-8-9-10-11-12-13-14-15-16-17-18(19)20-2/h17H2,1-2H3. The molecular formula is C18H8O2. The summed E-state index contributed by atoms with van der Waals surface area (Å²) in [6.45, 7) is 1.69. The molecule has 0 amide bonds. The first-order valence-electron chi connectivity index (χ1n) is 5.27. The van der Waals surface area contributed by atoms with Crippen LogP contribution >= 0.6 is 0 Å². The molecule has 0 saturated carbocycles. The normalized spacial score (nSPS) is 5.10. The Kier molecular flexibility index (Phi) is 11.0. The van der Waals surface area contributed by atoms with E-state index in [1.807, 2.05) is 0 Å². The molecule has 0 atom stereocenters. The lowest BCUT2D eigenvalue weighted by Crippen LogP contribution is -1.96. The van der Waals surface area contributed by atoms with Gasteiger partial charge in [0.1, 0.15) is 6.42 Å². The van der Waals surface area contributed by atoms with Gasteiger partial charge in [0.2, 0.25) is 0 Å². The molecule has 2 nitrogen and oxygen atoms in total. The molecule has 0 heterocycles. The summed E-state index contributed by atoms with van der Waals surface area (Å²) in [4.78, 5) is 10.7. The van der Waals surface area contributed by atoms with Crippen molar-refractivity contribution in [3.8, 4) is 82.9 Å². The molecule has 0 saturated heterocycles. The van der Waals surface area contributed by atoms with E-state index >= 15 is 0 Å². The highest BCUT2D eigenvalue weighted by Gasteiger charge is 1.91. The Morgan fingerprint density at radius 2 is 1.15 bits per heavy atom. The number of carbonyl (C=O) groups excluding carboxylic acids is 1. The van der Waals surface area contributed by atoms with E-state index in [9.17, 15) is 4.79 Å². The zero-order valence-electron chi connectivity index (χ0n) is 11.0. The summed E-state index contributed by atoms with van der Waals surface area (Å²) in [5.41, 5.74) is 0. The van der Waals surface area contributed by atoms with Crippen molar-refractivity contribution in [1.82, 2.24) is 0 Å². The van der Waals surface area contributed by atoms with Gasteiger partial charge in [0, 0.05) is 0 Å². The quantitative estimate of drug-likeness (QED) is 0.507. The maximum atomic E-state index is 10.7. The first-order valence-corrected chi connectivity index (χ1v) is 5.27. The van der Waals surface area contributed by atoms with E-state index in [4.69, 9.17) is 0 Å². The summed E-state index contributed by atoms with van der Waals surface area (Å²) < 4.78 is 4.40. The molecule has 0 unspecified atom stereocenters. The second-order valence-corrected chi connectivity index (χ2v) is 2.68. The topological polar surface area (TPSA) is 26.3 Å². The number of hydrogen-bond donors (Lipinski definition) is 0. The third-order valence-electron chi connectivity index (χ3n) is 1.36. The molecular weight excluding hydrogens is 248 g/mol. The second kappa shape index (κ2) is 13.5. The van der Waals surface area contributed by atoms with Crippen molar-refractivity contribution in [2.75, 3.05) is 7.11 Å². The maximum Gasteiger partial charge on any atom is 0.317 e. The van der Waals surface area contributed by atoms with Crippen molar-refractivity contribution >= 4 is 5.97 Å². The summed E-state index contributed by atoms with van der Waals surface area (Å²) in [7, 11) is 1.30. The molecule has 0 bridgehead atoms. The fourth-order valence-corrected chi connectivity index (χ4v) is 0.608. The zero-order chi connectivity index (χ0) is 14.9. The largest absolute Gasteiger partial charge is 0.468 e. The number of rotatable bonds is 1. The molecule has 0 aromatic heterocycles. The zero-order valence-corrected chi connectivity index (χ0v) is 11.0. The Morgan fingerprint density at radius 1 is 0.750 bits per heavy atom. The highest BCUT2D eigenvalue weighted by atomic mass is 16.5. The fraction of sp³-hybridized carbons (Fsp3) is 0.167. The van der Waals surface area contributed by atoms with E-state index in [1.54, 1.807) is 6.92 Å². The van der Waals surface area contributed by atoms with E-state index in [1.165, 1.54) is 7.11 Å². The molecule has 20 heavy (non-hydrogen) atoms. The van der Waals surface area contributed by atoms with Crippen molar-refractivity contribution in [3.05, 3.63) is 0 Å². The first-order chi connectivity index (χ1) is 9.81. The Balaban J connectivity index is 4.22. The molecule has 0 rings (SSSR count). The lowest BCUT2D eigenvalue weighted by Gasteiger charge is -1.87. The van der Waals surface area contributed by atoms with E-state index in [-0.39, 0.29) is 6.42 Å². The van der Waals surface area contributed by atoms with Crippen LogP contribution in [0.25, 0.3) is 0 Å². The minimum atomic E-state index is -0.400. The Hall–Kier alpha value is -3.61. The molecule has 0 aromatic carbocycles. The molecule has 0 N–H and O–H groups in total. The van der Waals surface area contributed by atoms with Crippen LogP contribution < -0.4 is 0 Å². The van der Waals surface area contributed by atoms with E-state index < -0.39 is 5.97 Å². The molecule has 0 radical (unpaired) electrons. The van der Waals surface area contributed by atoms with Crippen LogP contribution in [0.1, 0.15) is 13.3 Å². The predicted octanol–water partition coefficient (Wildman–Crippen LogP) is 0.593. The minimum Gasteiger partial charge on any atom is -0.468 e. The molecule has 0 fully saturated rings. The molecule has 0 aliphatic rings. The lowest BCUT2D eigenvalue weighted by molar-refractivity contribution is -0.139. The number of methoxy groups -OCH3 is 1. The van der Waals surface area contributed by atoms with Crippen molar-refractivity contribution in [2.45, 2.75) is 13.3 Å². The Bertz CT molecular complexity index is 779. The van der Waals surface area contributed by atoms with Crippen LogP contribution in [-0.2, 0) is 9.53 Å². The minimum absolute atomic E-state index is 0.0114. The molecule has 92 valence electrons. The predicted molar refractivity (Wildman–Crippen MR) is 76.7 cm³/mol. The molecule has 2 heteroatoms. The highest BCUT2D eigenvalue weighted by molar-refractivity contribution is 5.72. The van der Waals surface area contributed by atoms with E-state index in [2.05, 4.69) is 87.6 Å². The third kappa shape index (κ3) is 12.5. The highest BCUT2D eigenvalue weighted by Crippen LogP contribution is 1.78. The summed E-state index contributed by atoms with van der Waals surface area (Å²) in [6, 6.07) is 0. The average Bonchev–Trinajstić information content (AvgIpc) is 2.47. The van der Waals surface area contributed by atoms with Gasteiger partial charge in [0.25, 0.3) is 0 Å². The van der Waals surface area contributed by atoms with E-state index in [0.717, 1.165) is 0 Å². The monoisotopic (exact) mass is 256 g/mol. The van der Waals surface area contributed by atoms with Crippen molar-refractivity contribution < 1.29 is 9.53 Å². The van der Waals surface area contributed by atoms with Gasteiger partial charge in [-0.25, -0.2) is 0 Å². The van der Waals surface area contributed by atoms with Crippen LogP contribution in [0.15, 0.2) is 0 Å². The van der Waals surface area contributed by atoms with Gasteiger partial charge in [-0.3, -0.25) is 4.79 Å². The molecule has 0 aromatic rings. The fourth-order valence-electron chi connectivity index (χ4n) is 0.608. The lowest BCUT2D eigenvalue weighted by atomic mass is 10.4. The maximum absolute atomic E-state index is 10.7. The third-order valence-corrected chi connectivity index (χ3v) is 1.36. The van der Waals surface area contributed by atoms with Crippen LogP contribution in [0.2, 0.25) is 0 Å².